The lowest BCUT2D eigenvalue weighted by molar-refractivity contribution is -0.116. The molecule has 0 spiro atoms. The molecule has 17 heavy (non-hydrogen) atoms. The first kappa shape index (κ1) is 13.7. The van der Waals surface area contributed by atoms with E-state index in [2.05, 4.69) is 10.1 Å². The Morgan fingerprint density at radius 2 is 2.12 bits per heavy atom. The fourth-order valence-corrected chi connectivity index (χ4v) is 2.33. The predicted octanol–water partition coefficient (Wildman–Crippen LogP) is 2.83. The normalized spacial score (nSPS) is 10.4. The molecule has 0 radical (unpaired) electrons. The Labute approximate surface area is 105 Å². The molecule has 94 valence electrons. The number of hydrogen-bond acceptors (Lipinski definition) is 4. The Morgan fingerprint density at radius 1 is 1.47 bits per heavy atom. The number of aryl methyl sites for hydroxylation is 1. The van der Waals surface area contributed by atoms with Crippen LogP contribution in [0.3, 0.4) is 0 Å². The first-order valence-corrected chi connectivity index (χ1v) is 6.30. The lowest BCUT2D eigenvalue weighted by Gasteiger charge is -2.08. The molecule has 1 N–H and O–H groups in total. The SMILES string of the molecule is COC(=O)c1scc(C)c1NC(=O)CC(C)C. The fraction of sp³-hybridized carbons (Fsp3) is 0.500. The van der Waals surface area contributed by atoms with Crippen LogP contribution < -0.4 is 5.32 Å². The zero-order valence-electron chi connectivity index (χ0n) is 10.5. The third kappa shape index (κ3) is 3.56. The number of rotatable bonds is 4. The van der Waals surface area contributed by atoms with Crippen LogP contribution in [0.1, 0.15) is 35.5 Å². The van der Waals surface area contributed by atoms with Crippen molar-refractivity contribution in [3.63, 3.8) is 0 Å². The van der Waals surface area contributed by atoms with E-state index < -0.39 is 5.97 Å². The quantitative estimate of drug-likeness (QED) is 0.842. The van der Waals surface area contributed by atoms with Gasteiger partial charge in [0, 0.05) is 6.42 Å². The predicted molar refractivity (Wildman–Crippen MR) is 68.5 cm³/mol. The highest BCUT2D eigenvalue weighted by atomic mass is 32.1. The second-order valence-corrected chi connectivity index (χ2v) is 5.14. The third-order valence-corrected chi connectivity index (χ3v) is 3.28. The van der Waals surface area contributed by atoms with E-state index >= 15 is 0 Å². The van der Waals surface area contributed by atoms with Crippen LogP contribution in [0.4, 0.5) is 5.69 Å². The van der Waals surface area contributed by atoms with Crippen LogP contribution in [0, 0.1) is 12.8 Å². The lowest BCUT2D eigenvalue weighted by atomic mass is 10.1. The monoisotopic (exact) mass is 255 g/mol. The smallest absolute Gasteiger partial charge is 0.350 e. The maximum Gasteiger partial charge on any atom is 0.350 e. The molecule has 0 bridgehead atoms. The van der Waals surface area contributed by atoms with Crippen molar-refractivity contribution in [1.82, 2.24) is 0 Å². The largest absolute Gasteiger partial charge is 0.465 e. The summed E-state index contributed by atoms with van der Waals surface area (Å²) in [6.07, 6.45) is 0.440. The highest BCUT2D eigenvalue weighted by Crippen LogP contribution is 2.28. The first-order chi connectivity index (χ1) is 7.95. The van der Waals surface area contributed by atoms with Crippen molar-refractivity contribution in [2.75, 3.05) is 12.4 Å². The molecule has 0 saturated heterocycles. The van der Waals surface area contributed by atoms with Gasteiger partial charge in [0.25, 0.3) is 0 Å². The van der Waals surface area contributed by atoms with Crippen molar-refractivity contribution in [3.05, 3.63) is 15.8 Å². The topological polar surface area (TPSA) is 55.4 Å². The van der Waals surface area contributed by atoms with Crippen molar-refractivity contribution < 1.29 is 14.3 Å². The number of carbonyl (C=O) groups is 2. The zero-order chi connectivity index (χ0) is 13.0. The molecule has 1 aromatic heterocycles. The number of thiophene rings is 1. The maximum atomic E-state index is 11.7. The molecule has 0 saturated carbocycles. The van der Waals surface area contributed by atoms with Crippen LogP contribution in [-0.4, -0.2) is 19.0 Å². The Morgan fingerprint density at radius 3 is 2.65 bits per heavy atom. The van der Waals surface area contributed by atoms with Crippen LogP contribution in [0.15, 0.2) is 5.38 Å². The third-order valence-electron chi connectivity index (χ3n) is 2.20. The molecule has 0 aliphatic heterocycles. The van der Waals surface area contributed by atoms with E-state index in [1.54, 1.807) is 0 Å². The molecule has 0 atom stereocenters. The van der Waals surface area contributed by atoms with Gasteiger partial charge in [-0.25, -0.2) is 4.79 Å². The molecule has 4 nitrogen and oxygen atoms in total. The minimum absolute atomic E-state index is 0.0772. The maximum absolute atomic E-state index is 11.7. The van der Waals surface area contributed by atoms with E-state index in [-0.39, 0.29) is 11.8 Å². The number of esters is 1. The van der Waals surface area contributed by atoms with Gasteiger partial charge < -0.3 is 10.1 Å². The number of hydrogen-bond donors (Lipinski definition) is 1. The fourth-order valence-electron chi connectivity index (χ4n) is 1.40. The summed E-state index contributed by atoms with van der Waals surface area (Å²) >= 11 is 1.28. The summed E-state index contributed by atoms with van der Waals surface area (Å²) in [6, 6.07) is 0. The molecular formula is C12H17NO3S. The molecule has 1 aromatic rings. The van der Waals surface area contributed by atoms with Crippen LogP contribution in [0.5, 0.6) is 0 Å². The average Bonchev–Trinajstić information content (AvgIpc) is 2.58. The van der Waals surface area contributed by atoms with Gasteiger partial charge in [-0.1, -0.05) is 13.8 Å². The van der Waals surface area contributed by atoms with Crippen LogP contribution in [0.25, 0.3) is 0 Å². The molecule has 0 aromatic carbocycles. The number of ether oxygens (including phenoxy) is 1. The van der Waals surface area contributed by atoms with Crippen molar-refractivity contribution >= 4 is 28.9 Å². The lowest BCUT2D eigenvalue weighted by Crippen LogP contribution is -2.16. The molecule has 0 aliphatic carbocycles. The number of methoxy groups -OCH3 is 1. The molecular weight excluding hydrogens is 238 g/mol. The highest BCUT2D eigenvalue weighted by Gasteiger charge is 2.18. The van der Waals surface area contributed by atoms with E-state index in [4.69, 9.17) is 0 Å². The Bertz CT molecular complexity index is 423. The molecule has 1 heterocycles. The molecule has 0 aliphatic rings. The summed E-state index contributed by atoms with van der Waals surface area (Å²) in [6.45, 7) is 5.80. The molecule has 1 amide bonds. The van der Waals surface area contributed by atoms with Gasteiger partial charge in [-0.3, -0.25) is 4.79 Å². The number of nitrogens with one attached hydrogen (secondary N) is 1. The zero-order valence-corrected chi connectivity index (χ0v) is 11.3. The van der Waals surface area contributed by atoms with Crippen molar-refractivity contribution in [2.45, 2.75) is 27.2 Å². The van der Waals surface area contributed by atoms with Gasteiger partial charge in [0.1, 0.15) is 4.88 Å². The molecule has 5 heteroatoms. The number of amides is 1. The van der Waals surface area contributed by atoms with Gasteiger partial charge in [0.2, 0.25) is 5.91 Å². The molecule has 0 fully saturated rings. The van der Waals surface area contributed by atoms with Crippen molar-refractivity contribution in [2.24, 2.45) is 5.92 Å². The van der Waals surface area contributed by atoms with Crippen molar-refractivity contribution in [3.8, 4) is 0 Å². The standard InChI is InChI=1S/C12H17NO3S/c1-7(2)5-9(14)13-10-8(3)6-17-11(10)12(15)16-4/h6-7H,5H2,1-4H3,(H,13,14). The summed E-state index contributed by atoms with van der Waals surface area (Å²) in [5.74, 6) is -0.204. The van der Waals surface area contributed by atoms with E-state index in [1.165, 1.54) is 18.4 Å². The van der Waals surface area contributed by atoms with E-state index in [0.29, 0.717) is 17.0 Å². The van der Waals surface area contributed by atoms with Crippen molar-refractivity contribution in [1.29, 1.82) is 0 Å². The summed E-state index contributed by atoms with van der Waals surface area (Å²) in [4.78, 5) is 23.6. The Balaban J connectivity index is 2.86. The van der Waals surface area contributed by atoms with Gasteiger partial charge in [0.05, 0.1) is 12.8 Å². The molecule has 1 rings (SSSR count). The summed E-state index contributed by atoms with van der Waals surface area (Å²) in [5, 5.41) is 4.61. The number of anilines is 1. The van der Waals surface area contributed by atoms with Gasteiger partial charge in [-0.05, 0) is 23.8 Å². The summed E-state index contributed by atoms with van der Waals surface area (Å²) in [5.41, 5.74) is 1.46. The summed E-state index contributed by atoms with van der Waals surface area (Å²) < 4.78 is 4.67. The second-order valence-electron chi connectivity index (χ2n) is 4.26. The number of carbonyl (C=O) groups excluding carboxylic acids is 2. The van der Waals surface area contributed by atoms with E-state index in [9.17, 15) is 9.59 Å². The van der Waals surface area contributed by atoms with Crippen LogP contribution in [0.2, 0.25) is 0 Å². The Hall–Kier alpha value is -1.36. The molecule has 0 unspecified atom stereocenters. The summed E-state index contributed by atoms with van der Waals surface area (Å²) in [7, 11) is 1.33. The van der Waals surface area contributed by atoms with Gasteiger partial charge in [0.15, 0.2) is 0 Å². The van der Waals surface area contributed by atoms with Crippen LogP contribution >= 0.6 is 11.3 Å². The minimum atomic E-state index is -0.414. The minimum Gasteiger partial charge on any atom is -0.465 e. The highest BCUT2D eigenvalue weighted by molar-refractivity contribution is 7.12. The Kier molecular flexibility index (Phi) is 4.69. The van der Waals surface area contributed by atoms with Gasteiger partial charge in [-0.2, -0.15) is 0 Å². The van der Waals surface area contributed by atoms with E-state index in [0.717, 1.165) is 5.56 Å². The van der Waals surface area contributed by atoms with E-state index in [1.807, 2.05) is 26.2 Å². The average molecular weight is 255 g/mol. The van der Waals surface area contributed by atoms with Gasteiger partial charge in [-0.15, -0.1) is 11.3 Å². The second kappa shape index (κ2) is 5.82. The van der Waals surface area contributed by atoms with Gasteiger partial charge >= 0.3 is 5.97 Å². The van der Waals surface area contributed by atoms with Crippen LogP contribution in [-0.2, 0) is 9.53 Å². The first-order valence-electron chi connectivity index (χ1n) is 5.42.